The van der Waals surface area contributed by atoms with Crippen LogP contribution in [-0.2, 0) is 4.79 Å². The van der Waals surface area contributed by atoms with Crippen molar-refractivity contribution in [3.8, 4) is 0 Å². The molecule has 0 unspecified atom stereocenters. The molecule has 1 spiro atoms. The highest BCUT2D eigenvalue weighted by atomic mass is 35.5. The van der Waals surface area contributed by atoms with E-state index in [1.54, 1.807) is 18.2 Å². The van der Waals surface area contributed by atoms with Crippen molar-refractivity contribution in [1.29, 1.82) is 0 Å². The summed E-state index contributed by atoms with van der Waals surface area (Å²) < 4.78 is 0. The van der Waals surface area contributed by atoms with Gasteiger partial charge in [-0.25, -0.2) is 0 Å². The molecule has 2 aliphatic heterocycles. The molecule has 5 nitrogen and oxygen atoms in total. The van der Waals surface area contributed by atoms with E-state index in [0.717, 1.165) is 5.69 Å². The number of halogens is 1. The standard InChI is InChI=1S/C17H22ClN3O2/c1-16(2,3)15(23)21-8-6-17(7-9-21)19-13-10-11(18)4-5-12(13)14(22)20-17/h4-5,10,19H,6-9H2,1-3H3,(H,20,22). The zero-order chi connectivity index (χ0) is 16.8. The molecule has 124 valence electrons. The quantitative estimate of drug-likeness (QED) is 0.766. The summed E-state index contributed by atoms with van der Waals surface area (Å²) in [4.78, 5) is 26.7. The maximum absolute atomic E-state index is 12.4. The van der Waals surface area contributed by atoms with E-state index in [-0.39, 0.29) is 17.2 Å². The van der Waals surface area contributed by atoms with Crippen LogP contribution in [0.4, 0.5) is 5.69 Å². The first-order valence-corrected chi connectivity index (χ1v) is 8.28. The smallest absolute Gasteiger partial charge is 0.255 e. The van der Waals surface area contributed by atoms with Gasteiger partial charge in [0.1, 0.15) is 5.66 Å². The highest BCUT2D eigenvalue weighted by Crippen LogP contribution is 2.33. The van der Waals surface area contributed by atoms with Gasteiger partial charge in [0.25, 0.3) is 5.91 Å². The fraction of sp³-hybridized carbons (Fsp3) is 0.529. The van der Waals surface area contributed by atoms with Crippen molar-refractivity contribution >= 4 is 29.1 Å². The van der Waals surface area contributed by atoms with E-state index in [0.29, 0.717) is 36.5 Å². The van der Waals surface area contributed by atoms with E-state index >= 15 is 0 Å². The molecule has 0 bridgehead atoms. The molecule has 2 amide bonds. The van der Waals surface area contributed by atoms with Crippen molar-refractivity contribution in [2.45, 2.75) is 39.3 Å². The van der Waals surface area contributed by atoms with Gasteiger partial charge in [0.2, 0.25) is 5.91 Å². The van der Waals surface area contributed by atoms with Gasteiger partial charge in [-0.3, -0.25) is 9.59 Å². The zero-order valence-corrected chi connectivity index (χ0v) is 14.5. The predicted molar refractivity (Wildman–Crippen MR) is 90.5 cm³/mol. The molecule has 1 saturated heterocycles. The summed E-state index contributed by atoms with van der Waals surface area (Å²) in [7, 11) is 0. The van der Waals surface area contributed by atoms with Gasteiger partial charge in [0.15, 0.2) is 0 Å². The predicted octanol–water partition coefficient (Wildman–Crippen LogP) is 2.86. The summed E-state index contributed by atoms with van der Waals surface area (Å²) in [6.45, 7) is 7.04. The van der Waals surface area contributed by atoms with Crippen LogP contribution in [0.3, 0.4) is 0 Å². The van der Waals surface area contributed by atoms with E-state index < -0.39 is 5.66 Å². The van der Waals surface area contributed by atoms with E-state index in [2.05, 4.69) is 10.6 Å². The largest absolute Gasteiger partial charge is 0.362 e. The van der Waals surface area contributed by atoms with Crippen LogP contribution in [0.25, 0.3) is 0 Å². The van der Waals surface area contributed by atoms with Crippen LogP contribution in [0.2, 0.25) is 5.02 Å². The lowest BCUT2D eigenvalue weighted by molar-refractivity contribution is -0.141. The van der Waals surface area contributed by atoms with Crippen molar-refractivity contribution in [2.75, 3.05) is 18.4 Å². The molecule has 1 aromatic rings. The van der Waals surface area contributed by atoms with Crippen LogP contribution in [0, 0.1) is 5.41 Å². The Morgan fingerprint density at radius 3 is 2.48 bits per heavy atom. The number of likely N-dealkylation sites (tertiary alicyclic amines) is 1. The number of carbonyl (C=O) groups is 2. The lowest BCUT2D eigenvalue weighted by Gasteiger charge is -2.46. The molecule has 0 aliphatic carbocycles. The van der Waals surface area contributed by atoms with Gasteiger partial charge < -0.3 is 15.5 Å². The number of hydrogen-bond acceptors (Lipinski definition) is 3. The summed E-state index contributed by atoms with van der Waals surface area (Å²) in [6.07, 6.45) is 1.35. The molecule has 1 fully saturated rings. The Morgan fingerprint density at radius 2 is 1.87 bits per heavy atom. The van der Waals surface area contributed by atoms with Crippen LogP contribution in [0.1, 0.15) is 44.0 Å². The van der Waals surface area contributed by atoms with E-state index in [9.17, 15) is 9.59 Å². The van der Waals surface area contributed by atoms with Crippen LogP contribution >= 0.6 is 11.6 Å². The van der Waals surface area contributed by atoms with Gasteiger partial charge >= 0.3 is 0 Å². The molecule has 0 aromatic heterocycles. The number of carbonyl (C=O) groups excluding carboxylic acids is 2. The Bertz CT molecular complexity index is 658. The Kier molecular flexibility index (Phi) is 3.79. The van der Waals surface area contributed by atoms with E-state index in [1.807, 2.05) is 25.7 Å². The third-order valence-electron chi connectivity index (χ3n) is 4.50. The maximum Gasteiger partial charge on any atom is 0.255 e. The average molecular weight is 336 g/mol. The number of piperidine rings is 1. The minimum Gasteiger partial charge on any atom is -0.362 e. The van der Waals surface area contributed by atoms with Crippen molar-refractivity contribution in [2.24, 2.45) is 5.41 Å². The van der Waals surface area contributed by atoms with Crippen LogP contribution in [0.5, 0.6) is 0 Å². The number of nitrogens with zero attached hydrogens (tertiary/aromatic N) is 1. The van der Waals surface area contributed by atoms with Gasteiger partial charge in [-0.2, -0.15) is 0 Å². The molecule has 2 heterocycles. The molecule has 0 radical (unpaired) electrons. The Morgan fingerprint density at radius 1 is 1.22 bits per heavy atom. The topological polar surface area (TPSA) is 61.4 Å². The summed E-state index contributed by atoms with van der Waals surface area (Å²) in [6, 6.07) is 5.22. The van der Waals surface area contributed by atoms with Gasteiger partial charge in [-0.15, -0.1) is 0 Å². The number of benzene rings is 1. The Hall–Kier alpha value is -1.75. The monoisotopic (exact) mass is 335 g/mol. The van der Waals surface area contributed by atoms with Gasteiger partial charge in [-0.1, -0.05) is 32.4 Å². The fourth-order valence-corrected chi connectivity index (χ4v) is 3.38. The number of hydrogen-bond donors (Lipinski definition) is 2. The lowest BCUT2D eigenvalue weighted by Crippen LogP contribution is -2.63. The number of rotatable bonds is 0. The molecule has 1 aromatic carbocycles. The summed E-state index contributed by atoms with van der Waals surface area (Å²) in [5.74, 6) is 0.0592. The third-order valence-corrected chi connectivity index (χ3v) is 4.73. The van der Waals surface area contributed by atoms with Crippen molar-refractivity contribution in [3.63, 3.8) is 0 Å². The second-order valence-corrected chi connectivity index (χ2v) is 7.83. The highest BCUT2D eigenvalue weighted by molar-refractivity contribution is 6.31. The molecule has 0 saturated carbocycles. The molecule has 0 atom stereocenters. The fourth-order valence-electron chi connectivity index (χ4n) is 3.21. The second kappa shape index (κ2) is 5.41. The molecule has 23 heavy (non-hydrogen) atoms. The molecule has 2 N–H and O–H groups in total. The first kappa shape index (κ1) is 16.1. The number of anilines is 1. The second-order valence-electron chi connectivity index (χ2n) is 7.39. The first-order valence-electron chi connectivity index (χ1n) is 7.90. The average Bonchev–Trinajstić information content (AvgIpc) is 2.45. The van der Waals surface area contributed by atoms with Crippen molar-refractivity contribution in [3.05, 3.63) is 28.8 Å². The minimum absolute atomic E-state index is 0.0917. The van der Waals surface area contributed by atoms with Crippen LogP contribution in [0.15, 0.2) is 18.2 Å². The zero-order valence-electron chi connectivity index (χ0n) is 13.7. The Balaban J connectivity index is 1.77. The van der Waals surface area contributed by atoms with Crippen LogP contribution in [-0.4, -0.2) is 35.5 Å². The van der Waals surface area contributed by atoms with E-state index in [4.69, 9.17) is 11.6 Å². The molecular formula is C17H22ClN3O2. The molecule has 2 aliphatic rings. The first-order chi connectivity index (χ1) is 10.7. The van der Waals surface area contributed by atoms with Crippen molar-refractivity contribution < 1.29 is 9.59 Å². The summed E-state index contributed by atoms with van der Waals surface area (Å²) in [5.41, 5.74) is 0.488. The summed E-state index contributed by atoms with van der Waals surface area (Å²) in [5, 5.41) is 7.10. The van der Waals surface area contributed by atoms with E-state index in [1.165, 1.54) is 0 Å². The molecular weight excluding hydrogens is 314 g/mol. The maximum atomic E-state index is 12.4. The van der Waals surface area contributed by atoms with Crippen molar-refractivity contribution in [1.82, 2.24) is 10.2 Å². The number of amides is 2. The number of fused-ring (bicyclic) bond motifs is 1. The minimum atomic E-state index is -0.497. The van der Waals surface area contributed by atoms with Gasteiger partial charge in [-0.05, 0) is 18.2 Å². The molecule has 3 rings (SSSR count). The third kappa shape index (κ3) is 3.02. The van der Waals surface area contributed by atoms with Gasteiger partial charge in [0.05, 0.1) is 11.3 Å². The SMILES string of the molecule is CC(C)(C)C(=O)N1CCC2(CC1)NC(=O)c1ccc(Cl)cc1N2. The number of nitrogens with one attached hydrogen (secondary N) is 2. The normalized spacial score (nSPS) is 19.8. The van der Waals surface area contributed by atoms with Crippen LogP contribution < -0.4 is 10.6 Å². The molecule has 6 heteroatoms. The summed E-state index contributed by atoms with van der Waals surface area (Å²) >= 11 is 6.04. The van der Waals surface area contributed by atoms with Gasteiger partial charge in [0, 0.05) is 36.4 Å². The highest BCUT2D eigenvalue weighted by Gasteiger charge is 2.42. The Labute approximate surface area is 141 Å². The lowest BCUT2D eigenvalue weighted by atomic mass is 9.89.